The number of aliphatic carboxylic acids is 1. The fourth-order valence-electron chi connectivity index (χ4n) is 2.37. The Balaban J connectivity index is 1.99. The Morgan fingerprint density at radius 3 is 2.37 bits per heavy atom. The summed E-state index contributed by atoms with van der Waals surface area (Å²) in [5.74, 6) is -1.01. The van der Waals surface area contributed by atoms with Crippen molar-refractivity contribution in [3.05, 3.63) is 24.3 Å². The molecule has 2 unspecified atom stereocenters. The third-order valence-electron chi connectivity index (χ3n) is 3.44. The average Bonchev–Trinajstić information content (AvgIpc) is 2.77. The summed E-state index contributed by atoms with van der Waals surface area (Å²) in [5.41, 5.74) is 0.823. The molecule has 1 aromatic rings. The van der Waals surface area contributed by atoms with E-state index in [0.29, 0.717) is 12.8 Å². The fraction of sp³-hybridized carbons (Fsp3) is 0.462. The predicted molar refractivity (Wildman–Crippen MR) is 71.9 cm³/mol. The summed E-state index contributed by atoms with van der Waals surface area (Å²) >= 11 is 0. The van der Waals surface area contributed by atoms with E-state index in [1.54, 1.807) is 24.3 Å². The van der Waals surface area contributed by atoms with Crippen molar-refractivity contribution >= 4 is 21.5 Å². The lowest BCUT2D eigenvalue weighted by atomic mass is 10.1. The highest BCUT2D eigenvalue weighted by molar-refractivity contribution is 7.90. The SMILES string of the molecule is CS(=O)(=O)c1ccc(NC2CCC(C(=O)O)C2)cc1. The van der Waals surface area contributed by atoms with Gasteiger partial charge in [0.15, 0.2) is 9.84 Å². The number of carboxylic acid groups (broad SMARTS) is 1. The van der Waals surface area contributed by atoms with Gasteiger partial charge < -0.3 is 10.4 Å². The molecule has 19 heavy (non-hydrogen) atoms. The average molecular weight is 283 g/mol. The van der Waals surface area contributed by atoms with E-state index in [0.717, 1.165) is 12.1 Å². The van der Waals surface area contributed by atoms with Gasteiger partial charge >= 0.3 is 5.97 Å². The van der Waals surface area contributed by atoms with Crippen LogP contribution in [0, 0.1) is 5.92 Å². The number of hydrogen-bond donors (Lipinski definition) is 2. The van der Waals surface area contributed by atoms with E-state index in [1.165, 1.54) is 6.26 Å². The van der Waals surface area contributed by atoms with E-state index in [-0.39, 0.29) is 16.9 Å². The lowest BCUT2D eigenvalue weighted by Crippen LogP contribution is -2.17. The van der Waals surface area contributed by atoms with Crippen LogP contribution < -0.4 is 5.32 Å². The maximum Gasteiger partial charge on any atom is 0.306 e. The molecule has 0 aromatic heterocycles. The minimum absolute atomic E-state index is 0.144. The van der Waals surface area contributed by atoms with E-state index in [9.17, 15) is 13.2 Å². The van der Waals surface area contributed by atoms with Gasteiger partial charge in [-0.2, -0.15) is 0 Å². The number of hydrogen-bond acceptors (Lipinski definition) is 4. The Hall–Kier alpha value is -1.56. The second-order valence-electron chi connectivity index (χ2n) is 4.99. The quantitative estimate of drug-likeness (QED) is 0.879. The number of rotatable bonds is 4. The number of anilines is 1. The van der Waals surface area contributed by atoms with Crippen molar-refractivity contribution in [2.24, 2.45) is 5.92 Å². The maximum atomic E-state index is 11.3. The van der Waals surface area contributed by atoms with Crippen molar-refractivity contribution in [1.82, 2.24) is 0 Å². The summed E-state index contributed by atoms with van der Waals surface area (Å²) in [5, 5.41) is 12.2. The Morgan fingerprint density at radius 1 is 1.26 bits per heavy atom. The number of carbonyl (C=O) groups is 1. The van der Waals surface area contributed by atoms with Crippen molar-refractivity contribution in [3.63, 3.8) is 0 Å². The smallest absolute Gasteiger partial charge is 0.306 e. The van der Waals surface area contributed by atoms with Crippen molar-refractivity contribution < 1.29 is 18.3 Å². The molecule has 6 heteroatoms. The summed E-state index contributed by atoms with van der Waals surface area (Å²) in [6.07, 6.45) is 3.30. The highest BCUT2D eigenvalue weighted by Gasteiger charge is 2.29. The number of sulfone groups is 1. The number of nitrogens with one attached hydrogen (secondary N) is 1. The molecule has 0 amide bonds. The largest absolute Gasteiger partial charge is 0.481 e. The van der Waals surface area contributed by atoms with E-state index in [4.69, 9.17) is 5.11 Å². The molecule has 1 aromatic carbocycles. The molecule has 0 bridgehead atoms. The topological polar surface area (TPSA) is 83.5 Å². The molecule has 0 heterocycles. The van der Waals surface area contributed by atoms with Crippen molar-refractivity contribution in [2.75, 3.05) is 11.6 Å². The van der Waals surface area contributed by atoms with Crippen LogP contribution in [0.25, 0.3) is 0 Å². The van der Waals surface area contributed by atoms with Gasteiger partial charge in [-0.05, 0) is 43.5 Å². The Kier molecular flexibility index (Phi) is 3.80. The van der Waals surface area contributed by atoms with Gasteiger partial charge in [0, 0.05) is 18.0 Å². The zero-order chi connectivity index (χ0) is 14.0. The van der Waals surface area contributed by atoms with Gasteiger partial charge in [-0.3, -0.25) is 4.79 Å². The molecular weight excluding hydrogens is 266 g/mol. The van der Waals surface area contributed by atoms with Crippen molar-refractivity contribution in [3.8, 4) is 0 Å². The third-order valence-corrected chi connectivity index (χ3v) is 4.56. The Bertz CT molecular complexity index is 565. The molecule has 0 aliphatic heterocycles. The first-order valence-electron chi connectivity index (χ1n) is 6.16. The maximum absolute atomic E-state index is 11.3. The molecule has 0 spiro atoms. The molecule has 0 radical (unpaired) electrons. The van der Waals surface area contributed by atoms with Gasteiger partial charge in [0.2, 0.25) is 0 Å². The molecule has 2 atom stereocenters. The molecular formula is C13H17NO4S. The molecule has 1 aliphatic carbocycles. The molecule has 104 valence electrons. The van der Waals surface area contributed by atoms with Gasteiger partial charge in [0.25, 0.3) is 0 Å². The van der Waals surface area contributed by atoms with Crippen LogP contribution >= 0.6 is 0 Å². The van der Waals surface area contributed by atoms with Crippen LogP contribution in [0.3, 0.4) is 0 Å². The normalized spacial score (nSPS) is 23.2. The molecule has 1 saturated carbocycles. The molecule has 0 saturated heterocycles. The summed E-state index contributed by atoms with van der Waals surface area (Å²) in [4.78, 5) is 11.1. The second kappa shape index (κ2) is 5.21. The van der Waals surface area contributed by atoms with Gasteiger partial charge in [0.05, 0.1) is 10.8 Å². The van der Waals surface area contributed by atoms with E-state index in [1.807, 2.05) is 0 Å². The van der Waals surface area contributed by atoms with E-state index < -0.39 is 15.8 Å². The zero-order valence-corrected chi connectivity index (χ0v) is 11.5. The van der Waals surface area contributed by atoms with E-state index >= 15 is 0 Å². The highest BCUT2D eigenvalue weighted by atomic mass is 32.2. The molecule has 1 aliphatic rings. The molecule has 1 fully saturated rings. The number of carboxylic acids is 1. The summed E-state index contributed by atoms with van der Waals surface area (Å²) in [7, 11) is -3.17. The van der Waals surface area contributed by atoms with Crippen LogP contribution in [-0.2, 0) is 14.6 Å². The van der Waals surface area contributed by atoms with E-state index in [2.05, 4.69) is 5.32 Å². The van der Waals surface area contributed by atoms with Gasteiger partial charge in [0.1, 0.15) is 0 Å². The van der Waals surface area contributed by atoms with Gasteiger partial charge in [-0.15, -0.1) is 0 Å². The second-order valence-corrected chi connectivity index (χ2v) is 7.00. The lowest BCUT2D eigenvalue weighted by Gasteiger charge is -2.14. The van der Waals surface area contributed by atoms with Crippen molar-refractivity contribution in [2.45, 2.75) is 30.2 Å². The standard InChI is InChI=1S/C13H17NO4S/c1-19(17,18)12-6-4-10(5-7-12)14-11-3-2-9(8-11)13(15)16/h4-7,9,11,14H,2-3,8H2,1H3,(H,15,16). The van der Waals surface area contributed by atoms with Crippen LogP contribution in [0.2, 0.25) is 0 Å². The highest BCUT2D eigenvalue weighted by Crippen LogP contribution is 2.28. The number of benzene rings is 1. The molecule has 2 N–H and O–H groups in total. The lowest BCUT2D eigenvalue weighted by molar-refractivity contribution is -0.141. The van der Waals surface area contributed by atoms with Crippen LogP contribution in [0.4, 0.5) is 5.69 Å². The minimum Gasteiger partial charge on any atom is -0.481 e. The van der Waals surface area contributed by atoms with Crippen LogP contribution in [0.1, 0.15) is 19.3 Å². The summed E-state index contributed by atoms with van der Waals surface area (Å²) < 4.78 is 22.6. The van der Waals surface area contributed by atoms with Crippen LogP contribution in [-0.4, -0.2) is 31.8 Å². The first-order valence-corrected chi connectivity index (χ1v) is 8.05. The third kappa shape index (κ3) is 3.47. The summed E-state index contributed by atoms with van der Waals surface area (Å²) in [6.45, 7) is 0. The predicted octanol–water partition coefficient (Wildman–Crippen LogP) is 1.76. The molecule has 2 rings (SSSR count). The van der Waals surface area contributed by atoms with Gasteiger partial charge in [-0.25, -0.2) is 8.42 Å². The minimum atomic E-state index is -3.17. The fourth-order valence-corrected chi connectivity index (χ4v) is 3.00. The Labute approximate surface area is 112 Å². The van der Waals surface area contributed by atoms with Crippen LogP contribution in [0.15, 0.2) is 29.2 Å². The van der Waals surface area contributed by atoms with Gasteiger partial charge in [-0.1, -0.05) is 0 Å². The van der Waals surface area contributed by atoms with Crippen LogP contribution in [0.5, 0.6) is 0 Å². The first-order chi connectivity index (χ1) is 8.86. The monoisotopic (exact) mass is 283 g/mol. The first kappa shape index (κ1) is 13.9. The van der Waals surface area contributed by atoms with Crippen molar-refractivity contribution in [1.29, 1.82) is 0 Å². The Morgan fingerprint density at radius 2 is 1.89 bits per heavy atom. The summed E-state index contributed by atoms with van der Waals surface area (Å²) in [6, 6.07) is 6.68. The zero-order valence-electron chi connectivity index (χ0n) is 10.7. The molecule has 5 nitrogen and oxygen atoms in total.